The molecule has 0 aliphatic rings. The van der Waals surface area contributed by atoms with Crippen LogP contribution in [0.4, 0.5) is 4.39 Å². The van der Waals surface area contributed by atoms with Crippen LogP contribution in [-0.4, -0.2) is 18.2 Å². The minimum Gasteiger partial charge on any atom is -0.505 e. The number of carbonyl (C=O) groups excluding carboxylic acids is 1. The second-order valence-corrected chi connectivity index (χ2v) is 3.51. The van der Waals surface area contributed by atoms with Crippen molar-refractivity contribution in [1.82, 2.24) is 0 Å². The molecule has 1 atom stereocenters. The number of esters is 1. The Hall–Kier alpha value is -1.62. The van der Waals surface area contributed by atoms with Gasteiger partial charge in [-0.1, -0.05) is 6.07 Å². The molecule has 0 fully saturated rings. The molecular formula is C11H14FNO3. The van der Waals surface area contributed by atoms with Crippen molar-refractivity contribution in [1.29, 1.82) is 0 Å². The van der Waals surface area contributed by atoms with E-state index in [2.05, 4.69) is 4.74 Å². The topological polar surface area (TPSA) is 72.5 Å². The van der Waals surface area contributed by atoms with Crippen LogP contribution in [0.15, 0.2) is 12.1 Å². The lowest BCUT2D eigenvalue weighted by atomic mass is 9.98. The summed E-state index contributed by atoms with van der Waals surface area (Å²) in [5, 5.41) is 9.53. The SMILES string of the molecule is COC(=O)C[C@@H](N)c1c(C)ccc(F)c1O. The zero-order valence-corrected chi connectivity index (χ0v) is 9.16. The summed E-state index contributed by atoms with van der Waals surface area (Å²) in [7, 11) is 1.24. The van der Waals surface area contributed by atoms with Crippen LogP contribution in [0.2, 0.25) is 0 Å². The maximum atomic E-state index is 13.1. The van der Waals surface area contributed by atoms with E-state index in [-0.39, 0.29) is 12.0 Å². The summed E-state index contributed by atoms with van der Waals surface area (Å²) in [5.74, 6) is -1.76. The van der Waals surface area contributed by atoms with Crippen molar-refractivity contribution in [3.8, 4) is 5.75 Å². The number of aromatic hydroxyl groups is 1. The molecule has 1 aromatic carbocycles. The van der Waals surface area contributed by atoms with Gasteiger partial charge in [0, 0.05) is 11.6 Å². The number of phenolic OH excluding ortho intramolecular Hbond substituents is 1. The average Bonchev–Trinajstić information content (AvgIpc) is 2.24. The third-order valence-corrected chi connectivity index (χ3v) is 2.37. The highest BCUT2D eigenvalue weighted by Crippen LogP contribution is 2.30. The van der Waals surface area contributed by atoms with E-state index in [0.717, 1.165) is 6.07 Å². The van der Waals surface area contributed by atoms with Gasteiger partial charge in [-0.15, -0.1) is 0 Å². The van der Waals surface area contributed by atoms with E-state index in [9.17, 15) is 14.3 Å². The highest BCUT2D eigenvalue weighted by molar-refractivity contribution is 5.70. The van der Waals surface area contributed by atoms with Crippen molar-refractivity contribution >= 4 is 5.97 Å². The van der Waals surface area contributed by atoms with Gasteiger partial charge in [-0.05, 0) is 18.6 Å². The second kappa shape index (κ2) is 4.94. The van der Waals surface area contributed by atoms with Gasteiger partial charge in [0.1, 0.15) is 0 Å². The molecule has 0 unspecified atom stereocenters. The standard InChI is InChI=1S/C11H14FNO3/c1-6-3-4-7(12)11(15)10(6)8(13)5-9(14)16-2/h3-4,8,15H,5,13H2,1-2H3/t8-/m1/s1. The first-order chi connectivity index (χ1) is 7.47. The van der Waals surface area contributed by atoms with Gasteiger partial charge in [-0.3, -0.25) is 4.79 Å². The summed E-state index contributed by atoms with van der Waals surface area (Å²) < 4.78 is 17.6. The van der Waals surface area contributed by atoms with Crippen LogP contribution >= 0.6 is 0 Å². The number of phenols is 1. The molecule has 5 heteroatoms. The molecular weight excluding hydrogens is 213 g/mol. The Morgan fingerprint density at radius 3 is 2.81 bits per heavy atom. The first kappa shape index (κ1) is 12.4. The Labute approximate surface area is 92.8 Å². The predicted molar refractivity (Wildman–Crippen MR) is 56.4 cm³/mol. The fraction of sp³-hybridized carbons (Fsp3) is 0.364. The van der Waals surface area contributed by atoms with Crippen molar-refractivity contribution in [2.24, 2.45) is 5.73 Å². The van der Waals surface area contributed by atoms with Gasteiger partial charge in [-0.25, -0.2) is 4.39 Å². The highest BCUT2D eigenvalue weighted by Gasteiger charge is 2.19. The third kappa shape index (κ3) is 2.49. The van der Waals surface area contributed by atoms with Crippen LogP contribution in [0.3, 0.4) is 0 Å². The summed E-state index contributed by atoms with van der Waals surface area (Å²) in [5.41, 5.74) is 6.59. The largest absolute Gasteiger partial charge is 0.505 e. The quantitative estimate of drug-likeness (QED) is 0.765. The number of ether oxygens (including phenoxy) is 1. The maximum Gasteiger partial charge on any atom is 0.307 e. The minimum atomic E-state index is -0.775. The van der Waals surface area contributed by atoms with Gasteiger partial charge in [0.2, 0.25) is 0 Å². The van der Waals surface area contributed by atoms with E-state index in [1.54, 1.807) is 6.92 Å². The molecule has 0 bridgehead atoms. The Morgan fingerprint density at radius 1 is 1.62 bits per heavy atom. The van der Waals surface area contributed by atoms with E-state index in [0.29, 0.717) is 5.56 Å². The van der Waals surface area contributed by atoms with Crippen molar-refractivity contribution in [3.05, 3.63) is 29.1 Å². The number of hydrogen-bond donors (Lipinski definition) is 2. The Bertz CT molecular complexity index is 406. The number of hydrogen-bond acceptors (Lipinski definition) is 4. The summed E-state index contributed by atoms with van der Waals surface area (Å²) in [4.78, 5) is 11.0. The fourth-order valence-corrected chi connectivity index (χ4v) is 1.52. The zero-order valence-electron chi connectivity index (χ0n) is 9.16. The fourth-order valence-electron chi connectivity index (χ4n) is 1.52. The van der Waals surface area contributed by atoms with Crippen molar-refractivity contribution < 1.29 is 19.0 Å². The van der Waals surface area contributed by atoms with Crippen molar-refractivity contribution in [2.45, 2.75) is 19.4 Å². The average molecular weight is 227 g/mol. The minimum absolute atomic E-state index is 0.103. The van der Waals surface area contributed by atoms with Gasteiger partial charge in [-0.2, -0.15) is 0 Å². The maximum absolute atomic E-state index is 13.1. The first-order valence-corrected chi connectivity index (χ1v) is 4.77. The van der Waals surface area contributed by atoms with E-state index in [1.807, 2.05) is 0 Å². The number of carbonyl (C=O) groups is 1. The normalized spacial score (nSPS) is 12.2. The van der Waals surface area contributed by atoms with E-state index >= 15 is 0 Å². The third-order valence-electron chi connectivity index (χ3n) is 2.37. The molecule has 0 radical (unpaired) electrons. The molecule has 0 aliphatic heterocycles. The molecule has 16 heavy (non-hydrogen) atoms. The first-order valence-electron chi connectivity index (χ1n) is 4.77. The summed E-state index contributed by atoms with van der Waals surface area (Å²) in [6, 6.07) is 1.88. The van der Waals surface area contributed by atoms with Crippen LogP contribution in [0, 0.1) is 12.7 Å². The lowest BCUT2D eigenvalue weighted by molar-refractivity contribution is -0.141. The van der Waals surface area contributed by atoms with Gasteiger partial charge in [0.25, 0.3) is 0 Å². The predicted octanol–water partition coefficient (Wildman–Crippen LogP) is 1.40. The number of methoxy groups -OCH3 is 1. The monoisotopic (exact) mass is 227 g/mol. The lowest BCUT2D eigenvalue weighted by Gasteiger charge is -2.15. The number of rotatable bonds is 3. The molecule has 1 aromatic rings. The smallest absolute Gasteiger partial charge is 0.307 e. The van der Waals surface area contributed by atoms with Crippen LogP contribution in [0.25, 0.3) is 0 Å². The van der Waals surface area contributed by atoms with Crippen LogP contribution in [0.5, 0.6) is 5.75 Å². The summed E-state index contributed by atoms with van der Waals surface area (Å²) in [6.07, 6.45) is -0.103. The molecule has 0 heterocycles. The summed E-state index contributed by atoms with van der Waals surface area (Å²) in [6.45, 7) is 1.69. The molecule has 3 N–H and O–H groups in total. The van der Waals surface area contributed by atoms with Crippen LogP contribution < -0.4 is 5.73 Å². The molecule has 0 aromatic heterocycles. The molecule has 88 valence electrons. The number of halogens is 1. The van der Waals surface area contributed by atoms with Gasteiger partial charge < -0.3 is 15.6 Å². The molecule has 0 saturated heterocycles. The molecule has 0 spiro atoms. The molecule has 0 amide bonds. The summed E-state index contributed by atoms with van der Waals surface area (Å²) >= 11 is 0. The second-order valence-electron chi connectivity index (χ2n) is 3.51. The Balaban J connectivity index is 3.03. The molecule has 4 nitrogen and oxygen atoms in total. The number of aryl methyl sites for hydroxylation is 1. The number of benzene rings is 1. The van der Waals surface area contributed by atoms with Gasteiger partial charge in [0.15, 0.2) is 11.6 Å². The molecule has 1 rings (SSSR count). The van der Waals surface area contributed by atoms with Crippen LogP contribution in [-0.2, 0) is 9.53 Å². The molecule has 0 aliphatic carbocycles. The van der Waals surface area contributed by atoms with Gasteiger partial charge in [0.05, 0.1) is 13.5 Å². The highest BCUT2D eigenvalue weighted by atomic mass is 19.1. The number of nitrogens with two attached hydrogens (primary N) is 1. The van der Waals surface area contributed by atoms with Crippen molar-refractivity contribution in [2.75, 3.05) is 7.11 Å². The van der Waals surface area contributed by atoms with E-state index in [1.165, 1.54) is 13.2 Å². The Kier molecular flexibility index (Phi) is 3.84. The van der Waals surface area contributed by atoms with E-state index in [4.69, 9.17) is 5.73 Å². The van der Waals surface area contributed by atoms with Crippen LogP contribution in [0.1, 0.15) is 23.6 Å². The van der Waals surface area contributed by atoms with E-state index < -0.39 is 23.6 Å². The van der Waals surface area contributed by atoms with Gasteiger partial charge >= 0.3 is 5.97 Å². The Morgan fingerprint density at radius 2 is 2.25 bits per heavy atom. The lowest BCUT2D eigenvalue weighted by Crippen LogP contribution is -2.17. The molecule has 0 saturated carbocycles. The zero-order chi connectivity index (χ0) is 12.3. The van der Waals surface area contributed by atoms with Crippen molar-refractivity contribution in [3.63, 3.8) is 0 Å².